The number of ether oxygens (including phenoxy) is 1. The molecule has 2 aromatic heterocycles. The maximum Gasteiger partial charge on any atom is 0.334 e. The molecule has 1 unspecified atom stereocenters. The van der Waals surface area contributed by atoms with Crippen LogP contribution in [0.5, 0.6) is 5.75 Å². The Morgan fingerprint density at radius 2 is 2.06 bits per heavy atom. The number of nitro groups is 1. The number of amides is 1. The summed E-state index contributed by atoms with van der Waals surface area (Å²) in [6, 6.07) is 10.6. The minimum absolute atomic E-state index is 0.0333. The van der Waals surface area contributed by atoms with Crippen molar-refractivity contribution in [2.45, 2.75) is 25.3 Å². The average molecular weight is 447 g/mol. The number of aromatic amines is 1. The third-order valence-electron chi connectivity index (χ3n) is 6.86. The molecule has 2 bridgehead atoms. The standard InChI is InChI=1S/C23H21N5O5/c29-22(18-9-17(24-25-18)14-1-4-21-15(8-14)5-6-33-21)26-10-13-7-16(12-26)19-2-3-20(28(31)32)23(30)27(19)11-13/h1-4,8-9,13,16H,5-7,10-12H2,(H,24,25)/t13-,16?/m0/s1. The third-order valence-corrected chi connectivity index (χ3v) is 6.86. The number of likely N-dealkylation sites (tertiary alicyclic amines) is 1. The van der Waals surface area contributed by atoms with Crippen molar-refractivity contribution < 1.29 is 14.5 Å². The zero-order valence-electron chi connectivity index (χ0n) is 17.7. The molecule has 0 spiro atoms. The Bertz CT molecular complexity index is 1360. The van der Waals surface area contributed by atoms with Crippen LogP contribution in [0.15, 0.2) is 41.2 Å². The summed E-state index contributed by atoms with van der Waals surface area (Å²) >= 11 is 0. The Balaban J connectivity index is 1.24. The van der Waals surface area contributed by atoms with Crippen LogP contribution in [0.1, 0.15) is 34.1 Å². The van der Waals surface area contributed by atoms with Gasteiger partial charge in [0.1, 0.15) is 11.4 Å². The van der Waals surface area contributed by atoms with Gasteiger partial charge in [0.2, 0.25) is 0 Å². The molecule has 3 aliphatic heterocycles. The fraction of sp³-hybridized carbons (Fsp3) is 0.348. The van der Waals surface area contributed by atoms with Gasteiger partial charge < -0.3 is 14.2 Å². The molecule has 1 saturated heterocycles. The molecular formula is C23H21N5O5. The number of carbonyl (C=O) groups excluding carboxylic acids is 1. The zero-order chi connectivity index (χ0) is 22.7. The average Bonchev–Trinajstić information content (AvgIpc) is 3.48. The van der Waals surface area contributed by atoms with Gasteiger partial charge in [-0.05, 0) is 48.2 Å². The Morgan fingerprint density at radius 1 is 1.18 bits per heavy atom. The van der Waals surface area contributed by atoms with Gasteiger partial charge in [-0.1, -0.05) is 0 Å². The van der Waals surface area contributed by atoms with E-state index in [1.807, 2.05) is 18.2 Å². The SMILES string of the molecule is O=C(c1cc(-c2ccc3c(c2)CCO3)n[nH]1)N1CC2C[C@@H](C1)Cn1c2ccc([N+](=O)[O-])c1=O. The predicted molar refractivity (Wildman–Crippen MR) is 117 cm³/mol. The van der Waals surface area contributed by atoms with Crippen molar-refractivity contribution in [3.63, 3.8) is 0 Å². The molecule has 3 aromatic rings. The summed E-state index contributed by atoms with van der Waals surface area (Å²) in [6.45, 7) is 2.01. The number of H-pyrrole nitrogens is 1. The molecule has 0 radical (unpaired) electrons. The summed E-state index contributed by atoms with van der Waals surface area (Å²) in [5, 5.41) is 18.4. The Kier molecular flexibility index (Phi) is 4.36. The number of hydrogen-bond donors (Lipinski definition) is 1. The minimum Gasteiger partial charge on any atom is -0.493 e. The number of nitrogens with one attached hydrogen (secondary N) is 1. The first-order chi connectivity index (χ1) is 16.0. The van der Waals surface area contributed by atoms with Crippen LogP contribution in [0.4, 0.5) is 5.69 Å². The van der Waals surface area contributed by atoms with Gasteiger partial charge >= 0.3 is 11.2 Å². The minimum atomic E-state index is -0.639. The zero-order valence-corrected chi connectivity index (χ0v) is 17.7. The fourth-order valence-corrected chi connectivity index (χ4v) is 5.33. The molecule has 3 aliphatic rings. The van der Waals surface area contributed by atoms with Gasteiger partial charge in [0.15, 0.2) is 0 Å². The number of carbonyl (C=O) groups is 1. The lowest BCUT2D eigenvalue weighted by Crippen LogP contribution is -2.49. The largest absolute Gasteiger partial charge is 0.493 e. The number of piperidine rings is 1. The molecule has 1 amide bonds. The molecule has 6 rings (SSSR count). The molecule has 1 fully saturated rings. The monoisotopic (exact) mass is 447 g/mol. The molecule has 2 atom stereocenters. The van der Waals surface area contributed by atoms with E-state index in [1.165, 1.54) is 10.6 Å². The highest BCUT2D eigenvalue weighted by Gasteiger charge is 2.38. The maximum absolute atomic E-state index is 13.3. The van der Waals surface area contributed by atoms with E-state index in [0.29, 0.717) is 37.6 Å². The number of benzene rings is 1. The second-order valence-corrected chi connectivity index (χ2v) is 8.91. The van der Waals surface area contributed by atoms with E-state index in [4.69, 9.17) is 4.74 Å². The molecule has 0 saturated carbocycles. The highest BCUT2D eigenvalue weighted by atomic mass is 16.6. The van der Waals surface area contributed by atoms with E-state index >= 15 is 0 Å². The summed E-state index contributed by atoms with van der Waals surface area (Å²) in [5.74, 6) is 0.800. The van der Waals surface area contributed by atoms with Crippen molar-refractivity contribution in [3.8, 4) is 17.0 Å². The first-order valence-electron chi connectivity index (χ1n) is 11.0. The van der Waals surface area contributed by atoms with E-state index in [2.05, 4.69) is 10.2 Å². The van der Waals surface area contributed by atoms with Crippen LogP contribution in [-0.4, -0.2) is 50.2 Å². The molecule has 5 heterocycles. The van der Waals surface area contributed by atoms with Crippen LogP contribution >= 0.6 is 0 Å². The summed E-state index contributed by atoms with van der Waals surface area (Å²) in [6.07, 6.45) is 1.72. The van der Waals surface area contributed by atoms with Gasteiger partial charge in [0, 0.05) is 49.3 Å². The van der Waals surface area contributed by atoms with Gasteiger partial charge in [-0.15, -0.1) is 0 Å². The molecule has 33 heavy (non-hydrogen) atoms. The molecule has 10 nitrogen and oxygen atoms in total. The number of rotatable bonds is 3. The van der Waals surface area contributed by atoms with Gasteiger partial charge in [0.25, 0.3) is 5.91 Å². The maximum atomic E-state index is 13.3. The summed E-state index contributed by atoms with van der Waals surface area (Å²) in [5.41, 5.74) is 2.98. The Hall–Kier alpha value is -3.95. The Morgan fingerprint density at radius 3 is 2.91 bits per heavy atom. The van der Waals surface area contributed by atoms with Crippen molar-refractivity contribution >= 4 is 11.6 Å². The molecule has 168 valence electrons. The van der Waals surface area contributed by atoms with Crippen LogP contribution in [0, 0.1) is 16.0 Å². The number of aromatic nitrogens is 3. The van der Waals surface area contributed by atoms with E-state index in [-0.39, 0.29) is 17.7 Å². The highest BCUT2D eigenvalue weighted by Crippen LogP contribution is 2.36. The lowest BCUT2D eigenvalue weighted by atomic mass is 9.83. The van der Waals surface area contributed by atoms with Gasteiger partial charge in [-0.25, -0.2) is 0 Å². The highest BCUT2D eigenvalue weighted by molar-refractivity contribution is 5.93. The molecule has 0 aliphatic carbocycles. The number of hydrogen-bond acceptors (Lipinski definition) is 6. The quantitative estimate of drug-likeness (QED) is 0.486. The smallest absolute Gasteiger partial charge is 0.334 e. The van der Waals surface area contributed by atoms with Crippen molar-refractivity contribution in [3.05, 3.63) is 73.8 Å². The van der Waals surface area contributed by atoms with E-state index in [0.717, 1.165) is 35.4 Å². The lowest BCUT2D eigenvalue weighted by Gasteiger charge is -2.42. The molecular weight excluding hydrogens is 426 g/mol. The summed E-state index contributed by atoms with van der Waals surface area (Å²) < 4.78 is 7.07. The molecule has 1 aromatic carbocycles. The van der Waals surface area contributed by atoms with Crippen molar-refractivity contribution in [1.29, 1.82) is 0 Å². The van der Waals surface area contributed by atoms with E-state index in [9.17, 15) is 19.7 Å². The number of fused-ring (bicyclic) bond motifs is 5. The Labute approximate surface area is 187 Å². The topological polar surface area (TPSA) is 123 Å². The molecule has 1 N–H and O–H groups in total. The van der Waals surface area contributed by atoms with Crippen LogP contribution in [-0.2, 0) is 13.0 Å². The van der Waals surface area contributed by atoms with Crippen molar-refractivity contribution in [1.82, 2.24) is 19.7 Å². The normalized spacial score (nSPS) is 20.7. The van der Waals surface area contributed by atoms with Crippen LogP contribution in [0.25, 0.3) is 11.3 Å². The van der Waals surface area contributed by atoms with Crippen molar-refractivity contribution in [2.24, 2.45) is 5.92 Å². The fourth-order valence-electron chi connectivity index (χ4n) is 5.33. The van der Waals surface area contributed by atoms with Crippen LogP contribution < -0.4 is 10.3 Å². The third kappa shape index (κ3) is 3.21. The van der Waals surface area contributed by atoms with Crippen LogP contribution in [0.2, 0.25) is 0 Å². The molecule has 10 heteroatoms. The number of pyridine rings is 1. The first kappa shape index (κ1) is 19.7. The van der Waals surface area contributed by atoms with Gasteiger partial charge in [-0.2, -0.15) is 5.10 Å². The second kappa shape index (κ2) is 7.29. The summed E-state index contributed by atoms with van der Waals surface area (Å²) in [7, 11) is 0. The van der Waals surface area contributed by atoms with Gasteiger partial charge in [-0.3, -0.25) is 24.8 Å². The number of nitrogens with zero attached hydrogens (tertiary/aromatic N) is 4. The van der Waals surface area contributed by atoms with Gasteiger partial charge in [0.05, 0.1) is 17.2 Å². The van der Waals surface area contributed by atoms with E-state index in [1.54, 1.807) is 17.0 Å². The second-order valence-electron chi connectivity index (χ2n) is 8.91. The van der Waals surface area contributed by atoms with E-state index < -0.39 is 16.2 Å². The van der Waals surface area contributed by atoms with Crippen LogP contribution in [0.3, 0.4) is 0 Å². The summed E-state index contributed by atoms with van der Waals surface area (Å²) in [4.78, 5) is 38.1. The lowest BCUT2D eigenvalue weighted by molar-refractivity contribution is -0.386. The predicted octanol–water partition coefficient (Wildman–Crippen LogP) is 2.34. The first-order valence-corrected chi connectivity index (χ1v) is 11.0. The van der Waals surface area contributed by atoms with Crippen molar-refractivity contribution in [2.75, 3.05) is 19.7 Å².